The lowest BCUT2D eigenvalue weighted by Crippen LogP contribution is -2.38. The topological polar surface area (TPSA) is 160 Å². The van der Waals surface area contributed by atoms with E-state index < -0.39 is 17.8 Å². The number of carbonyl (C=O) groups is 5. The first-order chi connectivity index (χ1) is 27.3. The van der Waals surface area contributed by atoms with E-state index in [0.717, 1.165) is 5.56 Å². The first kappa shape index (κ1) is 47.1. The van der Waals surface area contributed by atoms with Gasteiger partial charge in [0.15, 0.2) is 0 Å². The van der Waals surface area contributed by atoms with Gasteiger partial charge in [-0.15, -0.1) is 0 Å². The van der Waals surface area contributed by atoms with Gasteiger partial charge >= 0.3 is 5.97 Å². The Morgan fingerprint density at radius 1 is 0.810 bits per heavy atom. The number of nitrogens with one attached hydrogen (secondary N) is 2. The molecule has 3 aromatic carbocycles. The Morgan fingerprint density at radius 3 is 1.98 bits per heavy atom. The van der Waals surface area contributed by atoms with Crippen LogP contribution in [0.3, 0.4) is 0 Å². The third-order valence-corrected chi connectivity index (χ3v) is 9.80. The molecule has 0 bridgehead atoms. The van der Waals surface area contributed by atoms with E-state index in [0.29, 0.717) is 74.2 Å². The second-order valence-electron chi connectivity index (χ2n) is 16.7. The molecule has 0 saturated heterocycles. The van der Waals surface area contributed by atoms with Crippen molar-refractivity contribution < 1.29 is 37.8 Å². The number of esters is 1. The van der Waals surface area contributed by atoms with Crippen molar-refractivity contribution >= 4 is 35.3 Å². The number of halogens is 1. The Balaban J connectivity index is 1.33. The summed E-state index contributed by atoms with van der Waals surface area (Å²) in [4.78, 5) is 66.3. The van der Waals surface area contributed by atoms with Gasteiger partial charge in [0, 0.05) is 51.3 Å². The zero-order valence-corrected chi connectivity index (χ0v) is 35.4. The summed E-state index contributed by atoms with van der Waals surface area (Å²) in [6, 6.07) is 17.6. The molecule has 3 rings (SSSR count). The zero-order chi connectivity index (χ0) is 43.0. The number of nitrogens with two attached hydrogens (primary N) is 1. The van der Waals surface area contributed by atoms with Gasteiger partial charge in [-0.05, 0) is 103 Å². The number of benzene rings is 3. The molecule has 58 heavy (non-hydrogen) atoms. The zero-order valence-electron chi connectivity index (χ0n) is 35.4. The Labute approximate surface area is 343 Å². The number of ether oxygens (including phenoxy) is 2. The standard InChI is InChI=1S/C45H62FN5O7/c1-9-57-43(56)36-28-32(12-19-37(36)46)30-48-41(54)33-13-17-35(18-14-33)58-27-26-51(8)40(53)21-24-45(5,6)23-20-39(52)50(7)25-22-31-10-15-34(16-11-31)49-42(55)38(47)29-44(2,3)4/h10-19,28,38H,9,20-27,29-30,47H2,1-8H3,(H,48,54)(H,49,55)/t38-/m0/s1. The second-order valence-corrected chi connectivity index (χ2v) is 16.7. The Bertz CT molecular complexity index is 1840. The molecule has 0 heterocycles. The lowest BCUT2D eigenvalue weighted by Gasteiger charge is -2.27. The molecule has 0 aromatic heterocycles. The number of anilines is 1. The van der Waals surface area contributed by atoms with Crippen LogP contribution in [0.5, 0.6) is 5.75 Å². The summed E-state index contributed by atoms with van der Waals surface area (Å²) in [5.41, 5.74) is 8.31. The predicted molar refractivity (Wildman–Crippen MR) is 224 cm³/mol. The third-order valence-electron chi connectivity index (χ3n) is 9.80. The van der Waals surface area contributed by atoms with Crippen molar-refractivity contribution in [2.45, 2.75) is 92.7 Å². The van der Waals surface area contributed by atoms with Crippen molar-refractivity contribution in [2.75, 3.05) is 45.7 Å². The lowest BCUT2D eigenvalue weighted by atomic mass is 9.83. The highest BCUT2D eigenvalue weighted by atomic mass is 19.1. The van der Waals surface area contributed by atoms with Gasteiger partial charge in [-0.2, -0.15) is 0 Å². The first-order valence-corrected chi connectivity index (χ1v) is 19.9. The average molecular weight is 804 g/mol. The van der Waals surface area contributed by atoms with Crippen LogP contribution >= 0.6 is 0 Å². The van der Waals surface area contributed by atoms with E-state index >= 15 is 0 Å². The normalized spacial score (nSPS) is 12.0. The number of amides is 4. The summed E-state index contributed by atoms with van der Waals surface area (Å²) in [5.74, 6) is -1.43. The maximum atomic E-state index is 14.0. The quantitative estimate of drug-likeness (QED) is 0.0997. The maximum absolute atomic E-state index is 14.0. The van der Waals surface area contributed by atoms with Gasteiger partial charge in [0.05, 0.1) is 24.8 Å². The molecule has 0 aliphatic carbocycles. The van der Waals surface area contributed by atoms with Crippen molar-refractivity contribution in [3.63, 3.8) is 0 Å². The summed E-state index contributed by atoms with van der Waals surface area (Å²) in [5, 5.41) is 5.63. The first-order valence-electron chi connectivity index (χ1n) is 19.9. The SMILES string of the molecule is CCOC(=O)c1cc(CNC(=O)c2ccc(OCCN(C)C(=O)CCC(C)(C)CCC(=O)N(C)CCc3ccc(NC(=O)[C@@H](N)CC(C)(C)C)cc3)cc2)ccc1F. The minimum atomic E-state index is -0.761. The van der Waals surface area contributed by atoms with E-state index in [1.54, 1.807) is 55.1 Å². The van der Waals surface area contributed by atoms with Crippen LogP contribution in [0.15, 0.2) is 66.7 Å². The fourth-order valence-electron chi connectivity index (χ4n) is 6.02. The summed E-state index contributed by atoms with van der Waals surface area (Å²) < 4.78 is 24.7. The molecule has 0 aliphatic rings. The van der Waals surface area contributed by atoms with Crippen LogP contribution in [0.25, 0.3) is 0 Å². The number of hydrogen-bond acceptors (Lipinski definition) is 8. The summed E-state index contributed by atoms with van der Waals surface area (Å²) in [6.07, 6.45) is 3.28. The van der Waals surface area contributed by atoms with E-state index in [4.69, 9.17) is 15.2 Å². The van der Waals surface area contributed by atoms with Gasteiger partial charge in [0.1, 0.15) is 18.2 Å². The smallest absolute Gasteiger partial charge is 0.341 e. The van der Waals surface area contributed by atoms with E-state index in [1.165, 1.54) is 18.2 Å². The molecule has 0 radical (unpaired) electrons. The largest absolute Gasteiger partial charge is 0.492 e. The Morgan fingerprint density at radius 2 is 1.40 bits per heavy atom. The van der Waals surface area contributed by atoms with E-state index in [1.807, 2.05) is 45.0 Å². The number of rotatable bonds is 21. The molecule has 3 aromatic rings. The van der Waals surface area contributed by atoms with Crippen LogP contribution in [0.2, 0.25) is 0 Å². The van der Waals surface area contributed by atoms with Crippen molar-refractivity contribution in [1.82, 2.24) is 15.1 Å². The predicted octanol–water partition coefficient (Wildman–Crippen LogP) is 6.76. The van der Waals surface area contributed by atoms with Gasteiger partial charge in [-0.3, -0.25) is 19.2 Å². The van der Waals surface area contributed by atoms with E-state index in [9.17, 15) is 28.4 Å². The molecule has 4 amide bonds. The number of carbonyl (C=O) groups excluding carboxylic acids is 5. The molecule has 0 fully saturated rings. The molecule has 4 N–H and O–H groups in total. The minimum Gasteiger partial charge on any atom is -0.492 e. The Kier molecular flexibility index (Phi) is 17.9. The molecular formula is C45H62FN5O7. The van der Waals surface area contributed by atoms with Gasteiger partial charge < -0.3 is 35.6 Å². The highest BCUT2D eigenvalue weighted by Gasteiger charge is 2.24. The second kappa shape index (κ2) is 22.0. The molecule has 0 aliphatic heterocycles. The molecule has 12 nitrogen and oxygen atoms in total. The summed E-state index contributed by atoms with van der Waals surface area (Å²) in [7, 11) is 3.53. The Hall–Kier alpha value is -5.30. The van der Waals surface area contributed by atoms with Crippen LogP contribution in [-0.2, 0) is 32.1 Å². The van der Waals surface area contributed by atoms with Crippen molar-refractivity contribution in [1.29, 1.82) is 0 Å². The molecule has 0 saturated carbocycles. The lowest BCUT2D eigenvalue weighted by molar-refractivity contribution is -0.131. The molecular weight excluding hydrogens is 742 g/mol. The highest BCUT2D eigenvalue weighted by molar-refractivity contribution is 5.95. The van der Waals surface area contributed by atoms with Crippen LogP contribution in [0.4, 0.5) is 10.1 Å². The third kappa shape index (κ3) is 16.3. The van der Waals surface area contributed by atoms with Gasteiger partial charge in [-0.25, -0.2) is 9.18 Å². The summed E-state index contributed by atoms with van der Waals surface area (Å²) >= 11 is 0. The van der Waals surface area contributed by atoms with Gasteiger partial charge in [0.2, 0.25) is 17.7 Å². The van der Waals surface area contributed by atoms with Crippen molar-refractivity contribution in [3.8, 4) is 5.75 Å². The number of likely N-dealkylation sites (N-methyl/N-ethyl adjacent to an activating group) is 2. The van der Waals surface area contributed by atoms with Crippen LogP contribution < -0.4 is 21.1 Å². The highest BCUT2D eigenvalue weighted by Crippen LogP contribution is 2.29. The fraction of sp³-hybridized carbons (Fsp3) is 0.489. The molecule has 13 heteroatoms. The van der Waals surface area contributed by atoms with Crippen molar-refractivity contribution in [3.05, 3.63) is 94.8 Å². The van der Waals surface area contributed by atoms with E-state index in [-0.39, 0.29) is 59.8 Å². The van der Waals surface area contributed by atoms with Crippen LogP contribution in [0, 0.1) is 16.6 Å². The van der Waals surface area contributed by atoms with E-state index in [2.05, 4.69) is 24.5 Å². The molecule has 1 atom stereocenters. The van der Waals surface area contributed by atoms with Crippen molar-refractivity contribution in [2.24, 2.45) is 16.6 Å². The number of nitrogens with zero attached hydrogens (tertiary/aromatic N) is 2. The molecule has 316 valence electrons. The molecule has 0 unspecified atom stereocenters. The van der Waals surface area contributed by atoms with Gasteiger partial charge in [0.25, 0.3) is 5.91 Å². The van der Waals surface area contributed by atoms with Gasteiger partial charge in [-0.1, -0.05) is 52.8 Å². The summed E-state index contributed by atoms with van der Waals surface area (Å²) in [6.45, 7) is 13.3. The monoisotopic (exact) mass is 803 g/mol. The average Bonchev–Trinajstić information content (AvgIpc) is 3.17. The maximum Gasteiger partial charge on any atom is 0.341 e. The fourth-order valence-corrected chi connectivity index (χ4v) is 6.02. The minimum absolute atomic E-state index is 0.0130. The van der Waals surface area contributed by atoms with Crippen LogP contribution in [0.1, 0.15) is 105 Å². The molecule has 0 spiro atoms. The van der Waals surface area contributed by atoms with Crippen LogP contribution in [-0.4, -0.2) is 85.8 Å². The number of hydrogen-bond donors (Lipinski definition) is 3.